The quantitative estimate of drug-likeness (QED) is 0.803. The van der Waals surface area contributed by atoms with Gasteiger partial charge in [-0.15, -0.1) is 0 Å². The molecule has 3 nitrogen and oxygen atoms in total. The summed E-state index contributed by atoms with van der Waals surface area (Å²) in [6, 6.07) is 5.95. The fourth-order valence-corrected chi connectivity index (χ4v) is 2.06. The van der Waals surface area contributed by atoms with E-state index < -0.39 is 0 Å². The van der Waals surface area contributed by atoms with Gasteiger partial charge < -0.3 is 15.2 Å². The van der Waals surface area contributed by atoms with E-state index in [9.17, 15) is 0 Å². The Morgan fingerprint density at radius 1 is 1.57 bits per heavy atom. The molecule has 2 unspecified atom stereocenters. The Morgan fingerprint density at radius 3 is 3.07 bits per heavy atom. The van der Waals surface area contributed by atoms with Gasteiger partial charge in [-0.05, 0) is 34.7 Å². The summed E-state index contributed by atoms with van der Waals surface area (Å²) >= 11 is 2.26. The topological polar surface area (TPSA) is 44.5 Å². The van der Waals surface area contributed by atoms with E-state index in [4.69, 9.17) is 15.2 Å². The van der Waals surface area contributed by atoms with E-state index in [1.54, 1.807) is 7.11 Å². The van der Waals surface area contributed by atoms with Gasteiger partial charge in [-0.2, -0.15) is 0 Å². The molecule has 0 saturated heterocycles. The van der Waals surface area contributed by atoms with Crippen LogP contribution in [0.25, 0.3) is 0 Å². The van der Waals surface area contributed by atoms with Crippen molar-refractivity contribution in [2.24, 2.45) is 5.73 Å². The van der Waals surface area contributed by atoms with Crippen molar-refractivity contribution < 1.29 is 9.47 Å². The van der Waals surface area contributed by atoms with Crippen LogP contribution in [0, 0.1) is 3.57 Å². The fourth-order valence-electron chi connectivity index (χ4n) is 1.60. The average molecular weight is 305 g/mol. The predicted molar refractivity (Wildman–Crippen MR) is 62.4 cm³/mol. The summed E-state index contributed by atoms with van der Waals surface area (Å²) in [6.45, 7) is 0.532. The monoisotopic (exact) mass is 305 g/mol. The molecule has 1 aromatic carbocycles. The minimum absolute atomic E-state index is 0.0393. The van der Waals surface area contributed by atoms with Gasteiger partial charge >= 0.3 is 0 Å². The first-order valence-corrected chi connectivity index (χ1v) is 5.51. The number of hydrogen-bond donors (Lipinski definition) is 1. The van der Waals surface area contributed by atoms with Gasteiger partial charge in [0, 0.05) is 16.2 Å². The molecule has 2 atom stereocenters. The van der Waals surface area contributed by atoms with Gasteiger partial charge in [-0.3, -0.25) is 0 Å². The molecular formula is C10H12INO2. The SMILES string of the molecule is COC1COc2cc(I)ccc2C1N. The van der Waals surface area contributed by atoms with Crippen molar-refractivity contribution in [2.45, 2.75) is 12.1 Å². The number of nitrogens with two attached hydrogens (primary N) is 1. The zero-order chi connectivity index (χ0) is 10.1. The van der Waals surface area contributed by atoms with E-state index in [1.807, 2.05) is 18.2 Å². The van der Waals surface area contributed by atoms with Crippen molar-refractivity contribution in [2.75, 3.05) is 13.7 Å². The summed E-state index contributed by atoms with van der Waals surface area (Å²) in [5, 5.41) is 0. The lowest BCUT2D eigenvalue weighted by atomic mass is 9.99. The summed E-state index contributed by atoms with van der Waals surface area (Å²) < 4.78 is 12.0. The third-order valence-electron chi connectivity index (χ3n) is 2.44. The number of fused-ring (bicyclic) bond motifs is 1. The van der Waals surface area contributed by atoms with Gasteiger partial charge in [0.1, 0.15) is 18.5 Å². The first kappa shape index (κ1) is 10.2. The van der Waals surface area contributed by atoms with Crippen LogP contribution in [0.4, 0.5) is 0 Å². The molecule has 0 saturated carbocycles. The molecule has 2 rings (SSSR count). The van der Waals surface area contributed by atoms with E-state index in [-0.39, 0.29) is 12.1 Å². The third-order valence-corrected chi connectivity index (χ3v) is 3.11. The second kappa shape index (κ2) is 4.04. The van der Waals surface area contributed by atoms with Gasteiger partial charge in [-0.25, -0.2) is 0 Å². The molecule has 1 heterocycles. The molecule has 1 aliphatic rings. The van der Waals surface area contributed by atoms with E-state index in [1.165, 1.54) is 0 Å². The van der Waals surface area contributed by atoms with Crippen LogP contribution in [0.5, 0.6) is 5.75 Å². The van der Waals surface area contributed by atoms with Gasteiger partial charge in [0.25, 0.3) is 0 Å². The lowest BCUT2D eigenvalue weighted by molar-refractivity contribution is 0.0259. The maximum absolute atomic E-state index is 6.04. The maximum atomic E-state index is 6.04. The molecule has 0 aliphatic carbocycles. The van der Waals surface area contributed by atoms with Gasteiger partial charge in [-0.1, -0.05) is 6.07 Å². The average Bonchev–Trinajstić information content (AvgIpc) is 2.18. The highest BCUT2D eigenvalue weighted by molar-refractivity contribution is 14.1. The molecule has 4 heteroatoms. The van der Waals surface area contributed by atoms with Crippen LogP contribution in [0.3, 0.4) is 0 Å². The molecule has 0 spiro atoms. The summed E-state index contributed by atoms with van der Waals surface area (Å²) in [6.07, 6.45) is -0.0393. The standard InChI is InChI=1S/C10H12INO2/c1-13-9-5-14-8-4-6(11)2-3-7(8)10(9)12/h2-4,9-10H,5,12H2,1H3. The Hall–Kier alpha value is -0.330. The molecule has 1 aliphatic heterocycles. The van der Waals surface area contributed by atoms with Crippen LogP contribution in [0.1, 0.15) is 11.6 Å². The largest absolute Gasteiger partial charge is 0.490 e. The lowest BCUT2D eigenvalue weighted by Crippen LogP contribution is -2.37. The highest BCUT2D eigenvalue weighted by Crippen LogP contribution is 2.32. The van der Waals surface area contributed by atoms with Crippen LogP contribution in [-0.2, 0) is 4.74 Å². The van der Waals surface area contributed by atoms with Gasteiger partial charge in [0.15, 0.2) is 0 Å². The number of hydrogen-bond acceptors (Lipinski definition) is 3. The first-order chi connectivity index (χ1) is 6.72. The molecule has 0 fully saturated rings. The van der Waals surface area contributed by atoms with Crippen molar-refractivity contribution in [1.82, 2.24) is 0 Å². The summed E-state index contributed by atoms with van der Waals surface area (Å²) in [7, 11) is 1.66. The third kappa shape index (κ3) is 1.74. The molecule has 0 radical (unpaired) electrons. The Kier molecular flexibility index (Phi) is 2.94. The lowest BCUT2D eigenvalue weighted by Gasteiger charge is -2.30. The van der Waals surface area contributed by atoms with Crippen LogP contribution in [0.2, 0.25) is 0 Å². The number of methoxy groups -OCH3 is 1. The highest BCUT2D eigenvalue weighted by atomic mass is 127. The minimum Gasteiger partial charge on any atom is -0.490 e. The molecule has 0 bridgehead atoms. The second-order valence-electron chi connectivity index (χ2n) is 3.29. The first-order valence-electron chi connectivity index (χ1n) is 4.43. The van der Waals surface area contributed by atoms with E-state index >= 15 is 0 Å². The zero-order valence-corrected chi connectivity index (χ0v) is 10.0. The Bertz CT molecular complexity index is 343. The zero-order valence-electron chi connectivity index (χ0n) is 7.87. The van der Waals surface area contributed by atoms with Crippen molar-refractivity contribution in [1.29, 1.82) is 0 Å². The molecule has 2 N–H and O–H groups in total. The summed E-state index contributed by atoms with van der Waals surface area (Å²) in [5.41, 5.74) is 7.07. The second-order valence-corrected chi connectivity index (χ2v) is 4.54. The number of ether oxygens (including phenoxy) is 2. The van der Waals surface area contributed by atoms with E-state index in [2.05, 4.69) is 22.6 Å². The van der Waals surface area contributed by atoms with E-state index in [0.29, 0.717) is 6.61 Å². The van der Waals surface area contributed by atoms with Crippen molar-refractivity contribution >= 4 is 22.6 Å². The number of rotatable bonds is 1. The van der Waals surface area contributed by atoms with Crippen molar-refractivity contribution in [3.63, 3.8) is 0 Å². The highest BCUT2D eigenvalue weighted by Gasteiger charge is 2.27. The molecule has 0 amide bonds. The fraction of sp³-hybridized carbons (Fsp3) is 0.400. The molecule has 76 valence electrons. The Labute approximate surface area is 96.7 Å². The van der Waals surface area contributed by atoms with Crippen LogP contribution >= 0.6 is 22.6 Å². The van der Waals surface area contributed by atoms with Crippen LogP contribution in [0.15, 0.2) is 18.2 Å². The van der Waals surface area contributed by atoms with Crippen LogP contribution < -0.4 is 10.5 Å². The number of benzene rings is 1. The molecular weight excluding hydrogens is 293 g/mol. The maximum Gasteiger partial charge on any atom is 0.125 e. The van der Waals surface area contributed by atoms with Crippen molar-refractivity contribution in [3.8, 4) is 5.75 Å². The van der Waals surface area contributed by atoms with E-state index in [0.717, 1.165) is 14.9 Å². The van der Waals surface area contributed by atoms with Gasteiger partial charge in [0.05, 0.1) is 6.04 Å². The predicted octanol–water partition coefficient (Wildman–Crippen LogP) is 1.70. The van der Waals surface area contributed by atoms with Crippen molar-refractivity contribution in [3.05, 3.63) is 27.3 Å². The summed E-state index contributed by atoms with van der Waals surface area (Å²) in [4.78, 5) is 0. The summed E-state index contributed by atoms with van der Waals surface area (Å²) in [5.74, 6) is 0.887. The normalized spacial score (nSPS) is 25.4. The van der Waals surface area contributed by atoms with Crippen LogP contribution in [-0.4, -0.2) is 19.8 Å². The minimum atomic E-state index is -0.0826. The van der Waals surface area contributed by atoms with Gasteiger partial charge in [0.2, 0.25) is 0 Å². The number of halogens is 1. The smallest absolute Gasteiger partial charge is 0.125 e. The molecule has 14 heavy (non-hydrogen) atoms. The molecule has 0 aromatic heterocycles. The molecule has 1 aromatic rings. The Balaban J connectivity index is 2.36. The Morgan fingerprint density at radius 2 is 2.36 bits per heavy atom.